The van der Waals surface area contributed by atoms with E-state index in [4.69, 9.17) is 5.73 Å². The van der Waals surface area contributed by atoms with Crippen molar-refractivity contribution in [1.82, 2.24) is 4.90 Å². The Bertz CT molecular complexity index is 142. The van der Waals surface area contributed by atoms with Crippen LogP contribution in [0, 0.1) is 0 Å². The zero-order valence-corrected chi connectivity index (χ0v) is 7.34. The summed E-state index contributed by atoms with van der Waals surface area (Å²) >= 11 is 0. The van der Waals surface area contributed by atoms with E-state index in [1.54, 1.807) is 0 Å². The van der Waals surface area contributed by atoms with Gasteiger partial charge in [-0.25, -0.2) is 0 Å². The van der Waals surface area contributed by atoms with Crippen molar-refractivity contribution in [1.29, 1.82) is 0 Å². The minimum Gasteiger partial charge on any atom is -0.401 e. The first kappa shape index (κ1) is 8.60. The van der Waals surface area contributed by atoms with E-state index >= 15 is 0 Å². The normalized spacial score (nSPS) is 26.8. The zero-order chi connectivity index (χ0) is 8.27. The van der Waals surface area contributed by atoms with E-state index in [2.05, 4.69) is 18.4 Å². The van der Waals surface area contributed by atoms with Crippen molar-refractivity contribution in [3.05, 3.63) is 12.3 Å². The molecule has 1 rings (SSSR count). The number of hydrogen-bond donors (Lipinski definition) is 1. The third kappa shape index (κ3) is 2.54. The van der Waals surface area contributed by atoms with E-state index in [-0.39, 0.29) is 0 Å². The lowest BCUT2D eigenvalue weighted by atomic mass is 10.0. The predicted octanol–water partition coefficient (Wildman–Crippen LogP) is 1.33. The molecule has 1 unspecified atom stereocenters. The second-order valence-electron chi connectivity index (χ2n) is 3.47. The van der Waals surface area contributed by atoms with Crippen LogP contribution in [-0.2, 0) is 0 Å². The van der Waals surface area contributed by atoms with Crippen LogP contribution in [0.15, 0.2) is 12.3 Å². The summed E-state index contributed by atoms with van der Waals surface area (Å²) in [4.78, 5) is 2.41. The van der Waals surface area contributed by atoms with E-state index in [9.17, 15) is 0 Å². The molecule has 2 N–H and O–H groups in total. The maximum Gasteiger partial charge on any atom is 0.0376 e. The van der Waals surface area contributed by atoms with Crippen LogP contribution in [0.5, 0.6) is 0 Å². The highest BCUT2D eigenvalue weighted by Crippen LogP contribution is 2.16. The SMILES string of the molecule is C=C(N)CN1CCCCC1C. The van der Waals surface area contributed by atoms with Gasteiger partial charge < -0.3 is 5.73 Å². The molecule has 0 radical (unpaired) electrons. The van der Waals surface area contributed by atoms with Crippen LogP contribution in [0.4, 0.5) is 0 Å². The molecule has 0 saturated carbocycles. The summed E-state index contributed by atoms with van der Waals surface area (Å²) in [6.45, 7) is 8.05. The fourth-order valence-electron chi connectivity index (χ4n) is 1.65. The summed E-state index contributed by atoms with van der Waals surface area (Å²) in [6.07, 6.45) is 4.00. The first-order valence-corrected chi connectivity index (χ1v) is 4.37. The van der Waals surface area contributed by atoms with Gasteiger partial charge in [-0.3, -0.25) is 4.90 Å². The highest BCUT2D eigenvalue weighted by Gasteiger charge is 2.17. The van der Waals surface area contributed by atoms with Crippen molar-refractivity contribution >= 4 is 0 Å². The summed E-state index contributed by atoms with van der Waals surface area (Å²) in [5, 5.41) is 0. The van der Waals surface area contributed by atoms with Gasteiger partial charge in [0.25, 0.3) is 0 Å². The van der Waals surface area contributed by atoms with Crippen LogP contribution < -0.4 is 5.73 Å². The summed E-state index contributed by atoms with van der Waals surface area (Å²) in [6, 6.07) is 0.698. The third-order valence-corrected chi connectivity index (χ3v) is 2.35. The highest BCUT2D eigenvalue weighted by atomic mass is 15.2. The first-order chi connectivity index (χ1) is 5.20. The van der Waals surface area contributed by atoms with Crippen molar-refractivity contribution < 1.29 is 0 Å². The van der Waals surface area contributed by atoms with Gasteiger partial charge in [0.2, 0.25) is 0 Å². The van der Waals surface area contributed by atoms with Gasteiger partial charge in [-0.05, 0) is 26.3 Å². The van der Waals surface area contributed by atoms with Crippen LogP contribution in [0.25, 0.3) is 0 Å². The minimum atomic E-state index is 0.698. The number of nitrogens with two attached hydrogens (primary N) is 1. The lowest BCUT2D eigenvalue weighted by Gasteiger charge is -2.33. The first-order valence-electron chi connectivity index (χ1n) is 4.37. The number of piperidine rings is 1. The molecule has 1 aliphatic rings. The molecule has 2 nitrogen and oxygen atoms in total. The lowest BCUT2D eigenvalue weighted by molar-refractivity contribution is 0.174. The molecule has 11 heavy (non-hydrogen) atoms. The number of rotatable bonds is 2. The van der Waals surface area contributed by atoms with E-state index in [0.29, 0.717) is 6.04 Å². The van der Waals surface area contributed by atoms with Gasteiger partial charge in [0, 0.05) is 18.3 Å². The Kier molecular flexibility index (Phi) is 2.94. The summed E-state index contributed by atoms with van der Waals surface area (Å²) in [5.41, 5.74) is 6.34. The average molecular weight is 154 g/mol. The lowest BCUT2D eigenvalue weighted by Crippen LogP contribution is -2.39. The Morgan fingerprint density at radius 3 is 2.91 bits per heavy atom. The Morgan fingerprint density at radius 1 is 1.64 bits per heavy atom. The van der Waals surface area contributed by atoms with E-state index in [1.165, 1.54) is 25.8 Å². The van der Waals surface area contributed by atoms with Crippen LogP contribution in [0.3, 0.4) is 0 Å². The maximum absolute atomic E-state index is 5.55. The Balaban J connectivity index is 2.35. The Labute approximate surface area is 69.1 Å². The molecule has 0 amide bonds. The molecular formula is C9H18N2. The molecule has 1 saturated heterocycles. The zero-order valence-electron chi connectivity index (χ0n) is 7.34. The van der Waals surface area contributed by atoms with Gasteiger partial charge in [-0.15, -0.1) is 0 Å². The molecule has 1 heterocycles. The van der Waals surface area contributed by atoms with Crippen LogP contribution >= 0.6 is 0 Å². The van der Waals surface area contributed by atoms with Crippen molar-refractivity contribution in [2.75, 3.05) is 13.1 Å². The van der Waals surface area contributed by atoms with E-state index < -0.39 is 0 Å². The van der Waals surface area contributed by atoms with Gasteiger partial charge in [0.1, 0.15) is 0 Å². The smallest absolute Gasteiger partial charge is 0.0376 e. The fraction of sp³-hybridized carbons (Fsp3) is 0.778. The summed E-state index contributed by atoms with van der Waals surface area (Å²) in [5.74, 6) is 0. The number of nitrogens with zero attached hydrogens (tertiary/aromatic N) is 1. The molecule has 0 aromatic heterocycles. The monoisotopic (exact) mass is 154 g/mol. The van der Waals surface area contributed by atoms with Crippen LogP contribution in [0.1, 0.15) is 26.2 Å². The van der Waals surface area contributed by atoms with Gasteiger partial charge in [0.05, 0.1) is 0 Å². The maximum atomic E-state index is 5.55. The van der Waals surface area contributed by atoms with Crippen molar-refractivity contribution in [2.24, 2.45) is 5.73 Å². The molecule has 64 valence electrons. The highest BCUT2D eigenvalue weighted by molar-refractivity contribution is 4.92. The third-order valence-electron chi connectivity index (χ3n) is 2.35. The molecule has 0 spiro atoms. The molecular weight excluding hydrogens is 136 g/mol. The van der Waals surface area contributed by atoms with Gasteiger partial charge in [0.15, 0.2) is 0 Å². The topological polar surface area (TPSA) is 29.3 Å². The Hall–Kier alpha value is -0.500. The van der Waals surface area contributed by atoms with Gasteiger partial charge in [-0.2, -0.15) is 0 Å². The number of likely N-dealkylation sites (tertiary alicyclic amines) is 1. The number of hydrogen-bond acceptors (Lipinski definition) is 2. The summed E-state index contributed by atoms with van der Waals surface area (Å²) < 4.78 is 0. The molecule has 0 aliphatic carbocycles. The molecule has 0 bridgehead atoms. The van der Waals surface area contributed by atoms with Crippen molar-refractivity contribution in [3.8, 4) is 0 Å². The molecule has 0 aromatic rings. The standard InChI is InChI=1S/C9H18N2/c1-8(10)7-11-6-4-3-5-9(11)2/h9H,1,3-7,10H2,2H3. The quantitative estimate of drug-likeness (QED) is 0.650. The second-order valence-corrected chi connectivity index (χ2v) is 3.47. The molecule has 2 heteroatoms. The predicted molar refractivity (Wildman–Crippen MR) is 48.2 cm³/mol. The van der Waals surface area contributed by atoms with Gasteiger partial charge >= 0.3 is 0 Å². The minimum absolute atomic E-state index is 0.698. The van der Waals surface area contributed by atoms with Crippen molar-refractivity contribution in [2.45, 2.75) is 32.2 Å². The fourth-order valence-corrected chi connectivity index (χ4v) is 1.65. The largest absolute Gasteiger partial charge is 0.401 e. The molecule has 1 aliphatic heterocycles. The van der Waals surface area contributed by atoms with Crippen LogP contribution in [0.2, 0.25) is 0 Å². The van der Waals surface area contributed by atoms with Crippen LogP contribution in [-0.4, -0.2) is 24.0 Å². The Morgan fingerprint density at radius 2 is 2.36 bits per heavy atom. The van der Waals surface area contributed by atoms with E-state index in [0.717, 1.165) is 12.2 Å². The van der Waals surface area contributed by atoms with Gasteiger partial charge in [-0.1, -0.05) is 13.0 Å². The van der Waals surface area contributed by atoms with Crippen molar-refractivity contribution in [3.63, 3.8) is 0 Å². The van der Waals surface area contributed by atoms with E-state index in [1.807, 2.05) is 0 Å². The molecule has 1 fully saturated rings. The average Bonchev–Trinajstić information content (AvgIpc) is 1.93. The second kappa shape index (κ2) is 3.77. The molecule has 1 atom stereocenters. The summed E-state index contributed by atoms with van der Waals surface area (Å²) in [7, 11) is 0. The molecule has 0 aromatic carbocycles.